The predicted octanol–water partition coefficient (Wildman–Crippen LogP) is 2.88. The predicted molar refractivity (Wildman–Crippen MR) is 52.1 cm³/mol. The summed E-state index contributed by atoms with van der Waals surface area (Å²) in [6, 6.07) is 5.76. The fourth-order valence-corrected chi connectivity index (χ4v) is 1.44. The molecule has 0 spiro atoms. The number of halogens is 3. The summed E-state index contributed by atoms with van der Waals surface area (Å²) >= 11 is 0. The molecule has 1 unspecified atom stereocenters. The highest BCUT2D eigenvalue weighted by molar-refractivity contribution is 5.95. The number of alkyl halides is 3. The number of rotatable bonds is 3. The Morgan fingerprint density at radius 3 is 2.44 bits per heavy atom. The first kappa shape index (κ1) is 12.7. The van der Waals surface area contributed by atoms with Gasteiger partial charge in [-0.1, -0.05) is 24.3 Å². The minimum Gasteiger partial charge on any atom is -0.388 e. The van der Waals surface area contributed by atoms with Gasteiger partial charge in [-0.05, 0) is 12.5 Å². The van der Waals surface area contributed by atoms with Gasteiger partial charge in [-0.15, -0.1) is 0 Å². The van der Waals surface area contributed by atoms with Crippen molar-refractivity contribution in [3.63, 3.8) is 0 Å². The Morgan fingerprint density at radius 1 is 1.38 bits per heavy atom. The molecule has 1 rings (SSSR count). The number of aliphatic hydroxyl groups is 1. The van der Waals surface area contributed by atoms with Gasteiger partial charge in [-0.3, -0.25) is 4.79 Å². The minimum absolute atomic E-state index is 0.0207. The molecule has 0 amide bonds. The second-order valence-electron chi connectivity index (χ2n) is 3.48. The van der Waals surface area contributed by atoms with Gasteiger partial charge in [-0.25, -0.2) is 0 Å². The van der Waals surface area contributed by atoms with Crippen LogP contribution in [0.25, 0.3) is 0 Å². The van der Waals surface area contributed by atoms with E-state index < -0.39 is 18.7 Å². The number of carbonyl (C=O) groups excluding carboxylic acids is 1. The second-order valence-corrected chi connectivity index (χ2v) is 3.48. The Bertz CT molecular complexity index is 385. The maximum atomic E-state index is 12.1. The molecule has 1 aromatic rings. The summed E-state index contributed by atoms with van der Waals surface area (Å²) in [4.78, 5) is 11.1. The molecular formula is C11H11F3O2. The van der Waals surface area contributed by atoms with Crippen molar-refractivity contribution in [2.24, 2.45) is 0 Å². The van der Waals surface area contributed by atoms with E-state index >= 15 is 0 Å². The fourth-order valence-electron chi connectivity index (χ4n) is 1.44. The average molecular weight is 232 g/mol. The lowest BCUT2D eigenvalue weighted by atomic mass is 9.98. The van der Waals surface area contributed by atoms with Crippen molar-refractivity contribution < 1.29 is 23.1 Å². The van der Waals surface area contributed by atoms with Crippen molar-refractivity contribution in [3.05, 3.63) is 35.4 Å². The molecule has 0 fully saturated rings. The van der Waals surface area contributed by atoms with Crippen LogP contribution in [0.2, 0.25) is 0 Å². The molecule has 0 aliphatic carbocycles. The highest BCUT2D eigenvalue weighted by Crippen LogP contribution is 2.30. The number of hydrogen-bond acceptors (Lipinski definition) is 2. The summed E-state index contributed by atoms with van der Waals surface area (Å²) < 4.78 is 36.2. The highest BCUT2D eigenvalue weighted by Gasteiger charge is 2.32. The van der Waals surface area contributed by atoms with Crippen molar-refractivity contribution in [3.8, 4) is 0 Å². The van der Waals surface area contributed by atoms with E-state index in [9.17, 15) is 23.1 Å². The first-order valence-electron chi connectivity index (χ1n) is 4.66. The van der Waals surface area contributed by atoms with E-state index in [2.05, 4.69) is 0 Å². The molecule has 0 saturated carbocycles. The quantitative estimate of drug-likeness (QED) is 0.813. The molecule has 16 heavy (non-hydrogen) atoms. The van der Waals surface area contributed by atoms with Crippen LogP contribution in [0.3, 0.4) is 0 Å². The molecule has 0 saturated heterocycles. The number of aliphatic hydroxyl groups excluding tert-OH is 1. The number of hydrogen-bond donors (Lipinski definition) is 1. The van der Waals surface area contributed by atoms with Crippen LogP contribution in [0, 0.1) is 0 Å². The number of ketones is 1. The van der Waals surface area contributed by atoms with E-state index in [1.54, 1.807) is 6.07 Å². The number of carbonyl (C=O) groups is 1. The maximum Gasteiger partial charge on any atom is 0.391 e. The lowest BCUT2D eigenvalue weighted by Crippen LogP contribution is -2.15. The van der Waals surface area contributed by atoms with E-state index in [4.69, 9.17) is 0 Å². The Hall–Kier alpha value is -1.36. The smallest absolute Gasteiger partial charge is 0.388 e. The average Bonchev–Trinajstić information content (AvgIpc) is 2.15. The van der Waals surface area contributed by atoms with E-state index in [-0.39, 0.29) is 16.9 Å². The SMILES string of the molecule is CC(=O)c1ccccc1C(O)CC(F)(F)F. The highest BCUT2D eigenvalue weighted by atomic mass is 19.4. The molecule has 1 N–H and O–H groups in total. The standard InChI is InChI=1S/C11H11F3O2/c1-7(15)8-4-2-3-5-9(8)10(16)6-11(12,13)14/h2-5,10,16H,6H2,1H3. The summed E-state index contributed by atoms with van der Waals surface area (Å²) in [6.45, 7) is 1.25. The number of Topliss-reactive ketones (excluding diaryl/α,β-unsaturated/α-hetero) is 1. The zero-order chi connectivity index (χ0) is 12.3. The van der Waals surface area contributed by atoms with Crippen molar-refractivity contribution >= 4 is 5.78 Å². The van der Waals surface area contributed by atoms with E-state index in [1.165, 1.54) is 25.1 Å². The van der Waals surface area contributed by atoms with Gasteiger partial charge < -0.3 is 5.11 Å². The molecule has 0 aliphatic heterocycles. The molecule has 0 aromatic heterocycles. The normalized spacial score (nSPS) is 13.6. The second kappa shape index (κ2) is 4.65. The third-order valence-electron chi connectivity index (χ3n) is 2.12. The van der Waals surface area contributed by atoms with Crippen molar-refractivity contribution in [2.75, 3.05) is 0 Å². The van der Waals surface area contributed by atoms with Gasteiger partial charge in [0.1, 0.15) is 0 Å². The zero-order valence-electron chi connectivity index (χ0n) is 8.58. The summed E-state index contributed by atoms with van der Waals surface area (Å²) in [5, 5.41) is 9.41. The molecule has 88 valence electrons. The Morgan fingerprint density at radius 2 is 1.94 bits per heavy atom. The van der Waals surface area contributed by atoms with E-state index in [1.807, 2.05) is 0 Å². The summed E-state index contributed by atoms with van der Waals surface area (Å²) in [5.74, 6) is -0.364. The van der Waals surface area contributed by atoms with Crippen molar-refractivity contribution in [1.29, 1.82) is 0 Å². The Kier molecular flexibility index (Phi) is 3.70. The fraction of sp³-hybridized carbons (Fsp3) is 0.364. The molecule has 0 radical (unpaired) electrons. The molecule has 1 atom stereocenters. The molecule has 0 heterocycles. The van der Waals surface area contributed by atoms with Crippen LogP contribution in [0.5, 0.6) is 0 Å². The third kappa shape index (κ3) is 3.34. The summed E-state index contributed by atoms with van der Waals surface area (Å²) in [5.41, 5.74) is 0.145. The van der Waals surface area contributed by atoms with Crippen molar-refractivity contribution in [1.82, 2.24) is 0 Å². The topological polar surface area (TPSA) is 37.3 Å². The Labute approximate surface area is 90.7 Å². The van der Waals surface area contributed by atoms with Gasteiger partial charge in [0.15, 0.2) is 5.78 Å². The largest absolute Gasteiger partial charge is 0.391 e. The molecule has 5 heteroatoms. The van der Waals surface area contributed by atoms with E-state index in [0.29, 0.717) is 0 Å². The first-order chi connectivity index (χ1) is 7.31. The zero-order valence-corrected chi connectivity index (χ0v) is 8.58. The molecule has 0 bridgehead atoms. The molecule has 0 aliphatic rings. The van der Waals surface area contributed by atoms with Crippen LogP contribution in [0.1, 0.15) is 35.4 Å². The van der Waals surface area contributed by atoms with Gasteiger partial charge in [0.2, 0.25) is 0 Å². The molecular weight excluding hydrogens is 221 g/mol. The van der Waals surface area contributed by atoms with Crippen LogP contribution in [0.4, 0.5) is 13.2 Å². The van der Waals surface area contributed by atoms with Crippen molar-refractivity contribution in [2.45, 2.75) is 25.6 Å². The lowest BCUT2D eigenvalue weighted by molar-refractivity contribution is -0.154. The molecule has 1 aromatic carbocycles. The van der Waals surface area contributed by atoms with Crippen LogP contribution >= 0.6 is 0 Å². The molecule has 2 nitrogen and oxygen atoms in total. The van der Waals surface area contributed by atoms with Gasteiger partial charge in [0.25, 0.3) is 0 Å². The Balaban J connectivity index is 2.99. The van der Waals surface area contributed by atoms with Crippen LogP contribution in [-0.2, 0) is 0 Å². The van der Waals surface area contributed by atoms with Gasteiger partial charge in [0, 0.05) is 5.56 Å². The van der Waals surface area contributed by atoms with Crippen LogP contribution in [-0.4, -0.2) is 17.1 Å². The lowest BCUT2D eigenvalue weighted by Gasteiger charge is -2.15. The van der Waals surface area contributed by atoms with Gasteiger partial charge in [0.05, 0.1) is 12.5 Å². The summed E-state index contributed by atoms with van der Waals surface area (Å²) in [6.07, 6.45) is -7.50. The first-order valence-corrected chi connectivity index (χ1v) is 4.66. The monoisotopic (exact) mass is 232 g/mol. The maximum absolute atomic E-state index is 12.1. The van der Waals surface area contributed by atoms with Gasteiger partial charge in [-0.2, -0.15) is 13.2 Å². The van der Waals surface area contributed by atoms with E-state index in [0.717, 1.165) is 0 Å². The minimum atomic E-state index is -4.46. The third-order valence-corrected chi connectivity index (χ3v) is 2.12. The van der Waals surface area contributed by atoms with Crippen LogP contribution < -0.4 is 0 Å². The van der Waals surface area contributed by atoms with Gasteiger partial charge >= 0.3 is 6.18 Å². The van der Waals surface area contributed by atoms with Crippen LogP contribution in [0.15, 0.2) is 24.3 Å². The summed E-state index contributed by atoms with van der Waals surface area (Å²) in [7, 11) is 0. The number of benzene rings is 1.